The molecule has 1 N–H and O–H groups in total. The van der Waals surface area contributed by atoms with Gasteiger partial charge >= 0.3 is 5.97 Å². The number of benzene rings is 2. The molecule has 0 saturated heterocycles. The summed E-state index contributed by atoms with van der Waals surface area (Å²) >= 11 is 1.27. The van der Waals surface area contributed by atoms with E-state index in [-0.39, 0.29) is 12.5 Å². The Morgan fingerprint density at radius 2 is 1.77 bits per heavy atom. The summed E-state index contributed by atoms with van der Waals surface area (Å²) in [5.41, 5.74) is 2.62. The minimum atomic E-state index is -0.487. The number of hydrogen-bond donors (Lipinski definition) is 1. The number of para-hydroxylation sites is 1. The van der Waals surface area contributed by atoms with Gasteiger partial charge in [-0.2, -0.15) is 0 Å². The molecule has 0 radical (unpaired) electrons. The number of ether oxygens (including phenoxy) is 3. The molecule has 3 aromatic rings. The van der Waals surface area contributed by atoms with Gasteiger partial charge in [0.25, 0.3) is 0 Å². The molecule has 0 unspecified atom stereocenters. The van der Waals surface area contributed by atoms with Gasteiger partial charge < -0.3 is 19.5 Å². The van der Waals surface area contributed by atoms with Crippen LogP contribution < -0.4 is 14.8 Å². The number of methoxy groups -OCH3 is 2. The Labute approximate surface area is 185 Å². The van der Waals surface area contributed by atoms with Crippen molar-refractivity contribution in [3.8, 4) is 22.6 Å². The third-order valence-corrected chi connectivity index (χ3v) is 5.36. The highest BCUT2D eigenvalue weighted by Gasteiger charge is 2.22. The van der Waals surface area contributed by atoms with E-state index in [2.05, 4.69) is 5.32 Å². The predicted molar refractivity (Wildman–Crippen MR) is 123 cm³/mol. The fourth-order valence-corrected chi connectivity index (χ4v) is 3.92. The highest BCUT2D eigenvalue weighted by molar-refractivity contribution is 7.15. The van der Waals surface area contributed by atoms with E-state index in [9.17, 15) is 9.59 Å². The van der Waals surface area contributed by atoms with Crippen LogP contribution in [0.5, 0.6) is 11.5 Å². The van der Waals surface area contributed by atoms with Gasteiger partial charge in [0.2, 0.25) is 5.91 Å². The van der Waals surface area contributed by atoms with Crippen LogP contribution in [0.15, 0.2) is 60.0 Å². The molecular weight excluding hydrogens is 414 g/mol. The maximum absolute atomic E-state index is 12.7. The molecular formula is C24H23NO5S. The zero-order valence-electron chi connectivity index (χ0n) is 17.5. The molecule has 31 heavy (non-hydrogen) atoms. The lowest BCUT2D eigenvalue weighted by Crippen LogP contribution is -2.12. The van der Waals surface area contributed by atoms with Gasteiger partial charge in [-0.25, -0.2) is 4.79 Å². The Kier molecular flexibility index (Phi) is 7.45. The lowest BCUT2D eigenvalue weighted by molar-refractivity contribution is -0.111. The van der Waals surface area contributed by atoms with E-state index in [1.807, 2.05) is 53.9 Å². The second kappa shape index (κ2) is 10.4. The number of nitrogens with one attached hydrogen (secondary N) is 1. The Bertz CT molecular complexity index is 1090. The first-order valence-electron chi connectivity index (χ1n) is 9.62. The molecule has 0 saturated carbocycles. The van der Waals surface area contributed by atoms with E-state index >= 15 is 0 Å². The maximum Gasteiger partial charge on any atom is 0.341 e. The number of carbonyl (C=O) groups is 2. The number of carbonyl (C=O) groups excluding carboxylic acids is 2. The van der Waals surface area contributed by atoms with Crippen molar-refractivity contribution in [3.05, 3.63) is 71.1 Å². The molecule has 0 aliphatic rings. The third-order valence-electron chi connectivity index (χ3n) is 4.46. The zero-order chi connectivity index (χ0) is 22.2. The van der Waals surface area contributed by atoms with Crippen LogP contribution in [0.2, 0.25) is 0 Å². The Morgan fingerprint density at radius 3 is 2.45 bits per heavy atom. The van der Waals surface area contributed by atoms with Crippen molar-refractivity contribution in [2.24, 2.45) is 0 Å². The summed E-state index contributed by atoms with van der Waals surface area (Å²) in [6.45, 7) is 1.98. The molecule has 3 rings (SSSR count). The van der Waals surface area contributed by atoms with Gasteiger partial charge in [0.05, 0.1) is 20.8 Å². The van der Waals surface area contributed by atoms with Gasteiger partial charge in [0, 0.05) is 22.6 Å². The number of thiophene rings is 1. The quantitative estimate of drug-likeness (QED) is 0.384. The lowest BCUT2D eigenvalue weighted by atomic mass is 10.0. The van der Waals surface area contributed by atoms with E-state index in [4.69, 9.17) is 14.2 Å². The highest BCUT2D eigenvalue weighted by Crippen LogP contribution is 2.37. The van der Waals surface area contributed by atoms with Crippen LogP contribution >= 0.6 is 11.3 Å². The standard InChI is InChI=1S/C24H23NO5S/c1-4-30-24(27)22-19(16-9-12-18(28-2)13-10-16)15-31-23(22)25-21(26)14-11-17-7-5-6-8-20(17)29-3/h5-15H,4H2,1-3H3,(H,25,26). The maximum atomic E-state index is 12.7. The topological polar surface area (TPSA) is 73.9 Å². The number of esters is 1. The van der Waals surface area contributed by atoms with Crippen molar-refractivity contribution in [3.63, 3.8) is 0 Å². The zero-order valence-corrected chi connectivity index (χ0v) is 18.3. The molecule has 0 aliphatic carbocycles. The van der Waals surface area contributed by atoms with Gasteiger partial charge in [-0.3, -0.25) is 4.79 Å². The molecule has 1 heterocycles. The summed E-state index contributed by atoms with van der Waals surface area (Å²) in [4.78, 5) is 25.2. The van der Waals surface area contributed by atoms with Crippen LogP contribution in [-0.2, 0) is 9.53 Å². The van der Waals surface area contributed by atoms with E-state index in [0.717, 1.165) is 11.1 Å². The van der Waals surface area contributed by atoms with E-state index < -0.39 is 5.97 Å². The van der Waals surface area contributed by atoms with Crippen LogP contribution in [-0.4, -0.2) is 32.7 Å². The molecule has 0 bridgehead atoms. The second-order valence-corrected chi connectivity index (χ2v) is 7.25. The van der Waals surface area contributed by atoms with E-state index in [1.165, 1.54) is 17.4 Å². The summed E-state index contributed by atoms with van der Waals surface area (Å²) in [5.74, 6) is 0.529. The first-order chi connectivity index (χ1) is 15.1. The van der Waals surface area contributed by atoms with Crippen molar-refractivity contribution in [2.45, 2.75) is 6.92 Å². The summed E-state index contributed by atoms with van der Waals surface area (Å²) in [5, 5.41) is 5.05. The third kappa shape index (κ3) is 5.32. The van der Waals surface area contributed by atoms with Crippen molar-refractivity contribution in [1.82, 2.24) is 0 Å². The number of hydrogen-bond acceptors (Lipinski definition) is 6. The normalized spacial score (nSPS) is 10.7. The fourth-order valence-electron chi connectivity index (χ4n) is 2.96. The minimum Gasteiger partial charge on any atom is -0.497 e. The SMILES string of the molecule is CCOC(=O)c1c(-c2ccc(OC)cc2)csc1NC(=O)C=Cc1ccccc1OC. The van der Waals surface area contributed by atoms with Crippen LogP contribution in [0.25, 0.3) is 17.2 Å². The van der Waals surface area contributed by atoms with Crippen LogP contribution in [0, 0.1) is 0 Å². The average molecular weight is 438 g/mol. The fraction of sp³-hybridized carbons (Fsp3) is 0.167. The van der Waals surface area contributed by atoms with Crippen molar-refractivity contribution in [1.29, 1.82) is 0 Å². The Hall–Kier alpha value is -3.58. The molecule has 1 amide bonds. The summed E-state index contributed by atoms with van der Waals surface area (Å²) in [7, 11) is 3.17. The second-order valence-electron chi connectivity index (χ2n) is 6.37. The average Bonchev–Trinajstić information content (AvgIpc) is 3.21. The predicted octanol–water partition coefficient (Wildman–Crippen LogP) is 5.26. The van der Waals surface area contributed by atoms with Gasteiger partial charge in [-0.15, -0.1) is 11.3 Å². The molecule has 6 nitrogen and oxygen atoms in total. The monoisotopic (exact) mass is 437 g/mol. The summed E-state index contributed by atoms with van der Waals surface area (Å²) in [6, 6.07) is 14.7. The van der Waals surface area contributed by atoms with Crippen molar-refractivity contribution >= 4 is 34.3 Å². The van der Waals surface area contributed by atoms with Gasteiger partial charge in [0.1, 0.15) is 22.1 Å². The highest BCUT2D eigenvalue weighted by atomic mass is 32.1. The van der Waals surface area contributed by atoms with Crippen molar-refractivity contribution < 1.29 is 23.8 Å². The lowest BCUT2D eigenvalue weighted by Gasteiger charge is -2.08. The largest absolute Gasteiger partial charge is 0.497 e. The van der Waals surface area contributed by atoms with E-state index in [0.29, 0.717) is 27.6 Å². The van der Waals surface area contributed by atoms with Gasteiger partial charge in [0.15, 0.2) is 0 Å². The molecule has 2 aromatic carbocycles. The molecule has 160 valence electrons. The first kappa shape index (κ1) is 22.1. The molecule has 1 aromatic heterocycles. The smallest absolute Gasteiger partial charge is 0.341 e. The van der Waals surface area contributed by atoms with Crippen LogP contribution in [0.3, 0.4) is 0 Å². The molecule has 0 aliphatic heterocycles. The molecule has 7 heteroatoms. The number of amides is 1. The van der Waals surface area contributed by atoms with Crippen molar-refractivity contribution in [2.75, 3.05) is 26.1 Å². The first-order valence-corrected chi connectivity index (χ1v) is 10.5. The van der Waals surface area contributed by atoms with E-state index in [1.54, 1.807) is 27.2 Å². The molecule has 0 spiro atoms. The Balaban J connectivity index is 1.87. The van der Waals surface area contributed by atoms with Crippen LogP contribution in [0.4, 0.5) is 5.00 Å². The molecule has 0 fully saturated rings. The minimum absolute atomic E-state index is 0.234. The number of anilines is 1. The number of rotatable bonds is 8. The van der Waals surface area contributed by atoms with Gasteiger partial charge in [-0.1, -0.05) is 30.3 Å². The summed E-state index contributed by atoms with van der Waals surface area (Å²) in [6.07, 6.45) is 3.07. The van der Waals surface area contributed by atoms with Crippen LogP contribution in [0.1, 0.15) is 22.8 Å². The summed E-state index contributed by atoms with van der Waals surface area (Å²) < 4.78 is 15.7. The van der Waals surface area contributed by atoms with Gasteiger partial charge in [-0.05, 0) is 36.8 Å². The Morgan fingerprint density at radius 1 is 1.03 bits per heavy atom. The molecule has 0 atom stereocenters.